The average molecular weight is 175 g/mol. The van der Waals surface area contributed by atoms with Gasteiger partial charge in [-0.3, -0.25) is 0 Å². The molecule has 68 valence electrons. The minimum atomic E-state index is 1.03. The van der Waals surface area contributed by atoms with Gasteiger partial charge in [-0.25, -0.2) is 0 Å². The Balaban J connectivity index is 0. The van der Waals surface area contributed by atoms with Crippen LogP contribution >= 0.6 is 11.8 Å². The summed E-state index contributed by atoms with van der Waals surface area (Å²) in [5, 5.41) is 3.22. The molecule has 0 saturated heterocycles. The van der Waals surface area contributed by atoms with Gasteiger partial charge in [-0.15, -0.1) is 0 Å². The van der Waals surface area contributed by atoms with Gasteiger partial charge in [0.15, 0.2) is 0 Å². The van der Waals surface area contributed by atoms with E-state index in [0.29, 0.717) is 0 Å². The van der Waals surface area contributed by atoms with E-state index in [0.717, 1.165) is 18.0 Å². The van der Waals surface area contributed by atoms with Crippen molar-refractivity contribution in [2.45, 2.75) is 27.2 Å². The molecule has 0 amide bonds. The highest BCUT2D eigenvalue weighted by Crippen LogP contribution is 1.96. The Bertz CT molecular complexity index is 81.6. The second-order valence-electron chi connectivity index (χ2n) is 1.96. The molecule has 1 nitrogen and oxygen atoms in total. The van der Waals surface area contributed by atoms with E-state index in [9.17, 15) is 0 Å². The third-order valence-electron chi connectivity index (χ3n) is 0.944. The molecule has 0 radical (unpaired) electrons. The summed E-state index contributed by atoms with van der Waals surface area (Å²) in [7, 11) is 0. The number of rotatable bonds is 5. The molecular formula is C9H21NS. The number of hydrogen-bond donors (Lipinski definition) is 1. The van der Waals surface area contributed by atoms with Crippen LogP contribution < -0.4 is 5.32 Å². The predicted octanol–water partition coefficient (Wildman–Crippen LogP) is 2.89. The maximum Gasteiger partial charge on any atom is 0.0323 e. The zero-order valence-electron chi connectivity index (χ0n) is 8.24. The zero-order valence-corrected chi connectivity index (χ0v) is 9.05. The minimum Gasteiger partial charge on any atom is -0.388 e. The molecule has 11 heavy (non-hydrogen) atoms. The van der Waals surface area contributed by atoms with Crippen molar-refractivity contribution in [3.63, 3.8) is 0 Å². The summed E-state index contributed by atoms with van der Waals surface area (Å²) in [6, 6.07) is 0. The summed E-state index contributed by atoms with van der Waals surface area (Å²) in [6.07, 6.45) is 3.26. The molecule has 0 bridgehead atoms. The number of thioether (sulfide) groups is 1. The quantitative estimate of drug-likeness (QED) is 0.689. The standard InChI is InChI=1S/C7H15NS.C2H6/c1-4-5-8-7(2)6-9-3;1-2/h8H,2,4-6H2,1,3H3;1-2H3. The van der Waals surface area contributed by atoms with Crippen LogP contribution in [0.4, 0.5) is 0 Å². The molecule has 0 spiro atoms. The van der Waals surface area contributed by atoms with E-state index in [2.05, 4.69) is 25.1 Å². The van der Waals surface area contributed by atoms with Gasteiger partial charge in [-0.1, -0.05) is 27.4 Å². The normalized spacial score (nSPS) is 8.00. The second-order valence-corrected chi connectivity index (χ2v) is 2.83. The van der Waals surface area contributed by atoms with Gasteiger partial charge >= 0.3 is 0 Å². The SMILES string of the molecule is C=C(CSC)NCCC.CC. The number of nitrogens with one attached hydrogen (secondary N) is 1. The van der Waals surface area contributed by atoms with Crippen LogP contribution in [-0.4, -0.2) is 18.6 Å². The highest BCUT2D eigenvalue weighted by molar-refractivity contribution is 7.98. The van der Waals surface area contributed by atoms with Crippen LogP contribution in [0.5, 0.6) is 0 Å². The summed E-state index contributed by atoms with van der Waals surface area (Å²) in [5.74, 6) is 1.03. The summed E-state index contributed by atoms with van der Waals surface area (Å²) in [4.78, 5) is 0. The smallest absolute Gasteiger partial charge is 0.0323 e. The monoisotopic (exact) mass is 175 g/mol. The Morgan fingerprint density at radius 3 is 2.36 bits per heavy atom. The van der Waals surface area contributed by atoms with Crippen molar-refractivity contribution in [3.05, 3.63) is 12.3 Å². The van der Waals surface area contributed by atoms with Crippen LogP contribution in [0.15, 0.2) is 12.3 Å². The van der Waals surface area contributed by atoms with Gasteiger partial charge < -0.3 is 5.32 Å². The average Bonchev–Trinajstić information content (AvgIpc) is 2.05. The van der Waals surface area contributed by atoms with Crippen LogP contribution in [0.3, 0.4) is 0 Å². The third-order valence-corrected chi connectivity index (χ3v) is 1.58. The predicted molar refractivity (Wildman–Crippen MR) is 57.2 cm³/mol. The molecule has 0 fully saturated rings. The zero-order chi connectivity index (χ0) is 9.11. The molecule has 0 unspecified atom stereocenters. The molecule has 0 aliphatic rings. The van der Waals surface area contributed by atoms with Gasteiger partial charge in [0, 0.05) is 18.0 Å². The lowest BCUT2D eigenvalue weighted by Gasteiger charge is -2.04. The molecule has 0 aromatic heterocycles. The van der Waals surface area contributed by atoms with Crippen molar-refractivity contribution in [1.82, 2.24) is 5.32 Å². The fourth-order valence-electron chi connectivity index (χ4n) is 0.527. The van der Waals surface area contributed by atoms with Crippen molar-refractivity contribution < 1.29 is 0 Å². The van der Waals surface area contributed by atoms with Crippen molar-refractivity contribution >= 4 is 11.8 Å². The first-order chi connectivity index (χ1) is 5.31. The fraction of sp³-hybridized carbons (Fsp3) is 0.778. The number of hydrogen-bond acceptors (Lipinski definition) is 2. The van der Waals surface area contributed by atoms with Crippen LogP contribution in [0.2, 0.25) is 0 Å². The van der Waals surface area contributed by atoms with Crippen molar-refractivity contribution in [2.24, 2.45) is 0 Å². The third kappa shape index (κ3) is 13.0. The first kappa shape index (κ1) is 13.5. The van der Waals surface area contributed by atoms with Gasteiger partial charge in [0.05, 0.1) is 0 Å². The molecule has 1 N–H and O–H groups in total. The van der Waals surface area contributed by atoms with E-state index >= 15 is 0 Å². The molecule has 0 rings (SSSR count). The van der Waals surface area contributed by atoms with Gasteiger partial charge in [-0.2, -0.15) is 11.8 Å². The molecule has 2 heteroatoms. The first-order valence-electron chi connectivity index (χ1n) is 4.21. The maximum absolute atomic E-state index is 3.85. The van der Waals surface area contributed by atoms with Crippen LogP contribution in [0.25, 0.3) is 0 Å². The largest absolute Gasteiger partial charge is 0.388 e. The molecule has 0 saturated carbocycles. The Morgan fingerprint density at radius 2 is 2.00 bits per heavy atom. The van der Waals surface area contributed by atoms with Crippen LogP contribution in [0, 0.1) is 0 Å². The van der Waals surface area contributed by atoms with Crippen molar-refractivity contribution in [1.29, 1.82) is 0 Å². The van der Waals surface area contributed by atoms with Gasteiger partial charge in [-0.05, 0) is 12.7 Å². The fourth-order valence-corrected chi connectivity index (χ4v) is 0.978. The molecule has 0 atom stereocenters. The summed E-state index contributed by atoms with van der Waals surface area (Å²) in [6.45, 7) is 11.1. The molecule has 0 aliphatic heterocycles. The van der Waals surface area contributed by atoms with Crippen LogP contribution in [0.1, 0.15) is 27.2 Å². The minimum absolute atomic E-state index is 1.03. The molecule has 0 heterocycles. The van der Waals surface area contributed by atoms with Gasteiger partial charge in [0.25, 0.3) is 0 Å². The van der Waals surface area contributed by atoms with Gasteiger partial charge in [0.2, 0.25) is 0 Å². The van der Waals surface area contributed by atoms with Crippen molar-refractivity contribution in [3.8, 4) is 0 Å². The highest BCUT2D eigenvalue weighted by Gasteiger charge is 1.87. The lowest BCUT2D eigenvalue weighted by molar-refractivity contribution is 0.775. The summed E-state index contributed by atoms with van der Waals surface area (Å²) < 4.78 is 0. The van der Waals surface area contributed by atoms with E-state index in [4.69, 9.17) is 0 Å². The Hall–Kier alpha value is -0.110. The lowest BCUT2D eigenvalue weighted by atomic mass is 10.4. The summed E-state index contributed by atoms with van der Waals surface area (Å²) >= 11 is 1.80. The van der Waals surface area contributed by atoms with E-state index in [1.54, 1.807) is 11.8 Å². The first-order valence-corrected chi connectivity index (χ1v) is 5.61. The van der Waals surface area contributed by atoms with E-state index in [1.165, 1.54) is 6.42 Å². The van der Waals surface area contributed by atoms with E-state index in [1.807, 2.05) is 13.8 Å². The maximum atomic E-state index is 3.85. The molecule has 0 aromatic carbocycles. The Labute approximate surface area is 75.6 Å². The molecule has 0 aliphatic carbocycles. The highest BCUT2D eigenvalue weighted by atomic mass is 32.2. The van der Waals surface area contributed by atoms with E-state index in [-0.39, 0.29) is 0 Å². The second kappa shape index (κ2) is 12.6. The van der Waals surface area contributed by atoms with Crippen molar-refractivity contribution in [2.75, 3.05) is 18.6 Å². The summed E-state index contributed by atoms with van der Waals surface area (Å²) in [5.41, 5.74) is 1.14. The Kier molecular flexibility index (Phi) is 15.4. The topological polar surface area (TPSA) is 12.0 Å². The lowest BCUT2D eigenvalue weighted by Crippen LogP contribution is -2.14. The van der Waals surface area contributed by atoms with E-state index < -0.39 is 0 Å². The van der Waals surface area contributed by atoms with Gasteiger partial charge in [0.1, 0.15) is 0 Å². The van der Waals surface area contributed by atoms with Crippen LogP contribution in [-0.2, 0) is 0 Å². The molecular weight excluding hydrogens is 154 g/mol. The Morgan fingerprint density at radius 1 is 1.45 bits per heavy atom. The molecule has 0 aromatic rings.